The number of fused-ring (bicyclic) bond motifs is 3. The number of benzene rings is 7. The first-order valence-electron chi connectivity index (χ1n) is 18.9. The Balaban J connectivity index is 1.23. The lowest BCUT2D eigenvalue weighted by atomic mass is 9.83. The highest BCUT2D eigenvalue weighted by atomic mass is 15.2. The van der Waals surface area contributed by atoms with Crippen LogP contribution in [0.1, 0.15) is 30.5 Å². The molecule has 1 aliphatic carbocycles. The summed E-state index contributed by atoms with van der Waals surface area (Å²) < 4.78 is 0. The molecule has 2 heteroatoms. The Hall–Kier alpha value is -7.03. The molecule has 0 unspecified atom stereocenters. The van der Waals surface area contributed by atoms with E-state index in [1.165, 1.54) is 60.5 Å². The van der Waals surface area contributed by atoms with Crippen molar-refractivity contribution in [1.82, 2.24) is 4.98 Å². The SMILES string of the molecule is C=C1/C(=C\C)c2c(c(-c3ccccc3)c3ccccc3c2-c2ccccc2)/C1=C/C=C(\C)c1cccc(N(c2ccccn2)c2cccc3ccccc23)c1. The summed E-state index contributed by atoms with van der Waals surface area (Å²) in [5.74, 6) is 0.868. The molecule has 2 nitrogen and oxygen atoms in total. The van der Waals surface area contributed by atoms with Gasteiger partial charge in [0.25, 0.3) is 0 Å². The van der Waals surface area contributed by atoms with Crippen molar-refractivity contribution in [2.24, 2.45) is 0 Å². The Labute approximate surface area is 323 Å². The van der Waals surface area contributed by atoms with Gasteiger partial charge in [0.1, 0.15) is 5.82 Å². The van der Waals surface area contributed by atoms with Gasteiger partial charge < -0.3 is 0 Å². The molecule has 0 radical (unpaired) electrons. The number of rotatable bonds is 7. The maximum Gasteiger partial charge on any atom is 0.137 e. The summed E-state index contributed by atoms with van der Waals surface area (Å²) in [4.78, 5) is 7.07. The van der Waals surface area contributed by atoms with Crippen LogP contribution in [-0.2, 0) is 0 Å². The number of allylic oxidation sites excluding steroid dienone is 7. The lowest BCUT2D eigenvalue weighted by Crippen LogP contribution is -2.12. The molecule has 0 atom stereocenters. The van der Waals surface area contributed by atoms with Gasteiger partial charge in [0.05, 0.1) is 5.69 Å². The fourth-order valence-corrected chi connectivity index (χ4v) is 8.21. The number of hydrogen-bond donors (Lipinski definition) is 0. The smallest absolute Gasteiger partial charge is 0.137 e. The molecule has 7 aromatic carbocycles. The van der Waals surface area contributed by atoms with Crippen molar-refractivity contribution in [1.29, 1.82) is 0 Å². The average molecular weight is 705 g/mol. The minimum Gasteiger partial charge on any atom is -0.294 e. The monoisotopic (exact) mass is 704 g/mol. The van der Waals surface area contributed by atoms with Gasteiger partial charge in [-0.15, -0.1) is 0 Å². The van der Waals surface area contributed by atoms with Crippen molar-refractivity contribution in [3.8, 4) is 22.3 Å². The quantitative estimate of drug-likeness (QED) is 0.164. The van der Waals surface area contributed by atoms with E-state index in [4.69, 9.17) is 11.6 Å². The van der Waals surface area contributed by atoms with Crippen molar-refractivity contribution < 1.29 is 0 Å². The number of nitrogens with zero attached hydrogens (tertiary/aromatic N) is 2. The van der Waals surface area contributed by atoms with Gasteiger partial charge in [0, 0.05) is 17.3 Å². The largest absolute Gasteiger partial charge is 0.294 e. The lowest BCUT2D eigenvalue weighted by molar-refractivity contribution is 1.19. The van der Waals surface area contributed by atoms with Crippen molar-refractivity contribution in [3.05, 3.63) is 223 Å². The molecule has 1 heterocycles. The number of anilines is 3. The van der Waals surface area contributed by atoms with Crippen LogP contribution in [0.3, 0.4) is 0 Å². The second-order valence-electron chi connectivity index (χ2n) is 14.0. The summed E-state index contributed by atoms with van der Waals surface area (Å²) in [6.45, 7) is 9.09. The van der Waals surface area contributed by atoms with Crippen LogP contribution in [-0.4, -0.2) is 4.98 Å². The second-order valence-corrected chi connectivity index (χ2v) is 14.0. The van der Waals surface area contributed by atoms with Crippen LogP contribution < -0.4 is 4.90 Å². The zero-order valence-corrected chi connectivity index (χ0v) is 31.1. The first-order valence-corrected chi connectivity index (χ1v) is 18.9. The summed E-state index contributed by atoms with van der Waals surface area (Å²) in [7, 11) is 0. The van der Waals surface area contributed by atoms with Gasteiger partial charge >= 0.3 is 0 Å². The van der Waals surface area contributed by atoms with Crippen LogP contribution in [0.5, 0.6) is 0 Å². The molecular formula is C53H40N2. The molecule has 0 saturated carbocycles. The van der Waals surface area contributed by atoms with E-state index in [1.54, 1.807) is 0 Å². The maximum absolute atomic E-state index is 4.82. The van der Waals surface area contributed by atoms with Gasteiger partial charge in [-0.2, -0.15) is 0 Å². The van der Waals surface area contributed by atoms with Crippen LogP contribution in [0.4, 0.5) is 17.2 Å². The highest BCUT2D eigenvalue weighted by Gasteiger charge is 2.32. The molecule has 0 spiro atoms. The van der Waals surface area contributed by atoms with E-state index in [1.807, 2.05) is 18.3 Å². The van der Waals surface area contributed by atoms with Gasteiger partial charge in [-0.1, -0.05) is 164 Å². The molecule has 55 heavy (non-hydrogen) atoms. The predicted octanol–water partition coefficient (Wildman–Crippen LogP) is 14.7. The van der Waals surface area contributed by atoms with Gasteiger partial charge in [0.2, 0.25) is 0 Å². The van der Waals surface area contributed by atoms with E-state index in [0.717, 1.165) is 39.5 Å². The summed E-state index contributed by atoms with van der Waals surface area (Å²) in [5.41, 5.74) is 15.2. The van der Waals surface area contributed by atoms with E-state index in [0.29, 0.717) is 0 Å². The van der Waals surface area contributed by atoms with Crippen LogP contribution in [0.25, 0.3) is 60.5 Å². The minimum absolute atomic E-state index is 0.868. The number of hydrogen-bond acceptors (Lipinski definition) is 2. The maximum atomic E-state index is 4.82. The molecule has 262 valence electrons. The van der Waals surface area contributed by atoms with E-state index >= 15 is 0 Å². The summed E-state index contributed by atoms with van der Waals surface area (Å²) in [6, 6.07) is 60.3. The fourth-order valence-electron chi connectivity index (χ4n) is 8.21. The standard InChI is InChI=1S/C53H40N2/c1-4-43-37(3)44(53-51(40-22-9-6-10-23-40)47-29-14-13-28-46(47)50(52(43)53)39-20-7-5-8-21-39)33-32-36(2)41-25-17-26-42(35-41)55(49-31-15-16-34-54-49)48-30-18-24-38-19-11-12-27-45(38)48/h4-35H,3H2,1-2H3/b36-32+,43-4+,44-33+. The van der Waals surface area contributed by atoms with Crippen molar-refractivity contribution in [2.45, 2.75) is 13.8 Å². The molecule has 1 aliphatic rings. The molecular weight excluding hydrogens is 665 g/mol. The van der Waals surface area contributed by atoms with Gasteiger partial charge in [-0.25, -0.2) is 4.98 Å². The topological polar surface area (TPSA) is 16.1 Å². The predicted molar refractivity (Wildman–Crippen MR) is 236 cm³/mol. The molecule has 0 bridgehead atoms. The molecule has 1 aromatic heterocycles. The van der Waals surface area contributed by atoms with Crippen molar-refractivity contribution >= 4 is 55.5 Å². The Bertz CT molecular complexity index is 2820. The lowest BCUT2D eigenvalue weighted by Gasteiger charge is -2.26. The van der Waals surface area contributed by atoms with Crippen LogP contribution >= 0.6 is 0 Å². The number of aromatic nitrogens is 1. The zero-order valence-electron chi connectivity index (χ0n) is 31.1. The van der Waals surface area contributed by atoms with Gasteiger partial charge in [-0.3, -0.25) is 4.90 Å². The Kier molecular flexibility index (Phi) is 8.86. The summed E-state index contributed by atoms with van der Waals surface area (Å²) in [5, 5.41) is 4.84. The van der Waals surface area contributed by atoms with E-state index in [2.05, 4.69) is 195 Å². The van der Waals surface area contributed by atoms with Crippen molar-refractivity contribution in [2.75, 3.05) is 4.90 Å². The summed E-state index contributed by atoms with van der Waals surface area (Å²) in [6.07, 6.45) is 8.64. The Morgan fingerprint density at radius 2 is 1.15 bits per heavy atom. The molecule has 0 N–H and O–H groups in total. The molecule has 8 aromatic rings. The van der Waals surface area contributed by atoms with Gasteiger partial charge in [0.15, 0.2) is 0 Å². The molecule has 0 fully saturated rings. The Morgan fingerprint density at radius 3 is 1.80 bits per heavy atom. The third kappa shape index (κ3) is 5.99. The van der Waals surface area contributed by atoms with Crippen molar-refractivity contribution in [3.63, 3.8) is 0 Å². The first-order chi connectivity index (χ1) is 27.1. The minimum atomic E-state index is 0.868. The fraction of sp³-hybridized carbons (Fsp3) is 0.0377. The average Bonchev–Trinajstić information content (AvgIpc) is 3.52. The summed E-state index contributed by atoms with van der Waals surface area (Å²) >= 11 is 0. The third-order valence-corrected chi connectivity index (χ3v) is 10.8. The highest BCUT2D eigenvalue weighted by molar-refractivity contribution is 6.22. The number of pyridine rings is 1. The molecule has 0 aliphatic heterocycles. The molecule has 9 rings (SSSR count). The first kappa shape index (κ1) is 33.8. The Morgan fingerprint density at radius 1 is 0.564 bits per heavy atom. The van der Waals surface area contributed by atoms with Crippen LogP contribution in [0, 0.1) is 0 Å². The molecule has 0 saturated heterocycles. The molecule has 0 amide bonds. The highest BCUT2D eigenvalue weighted by Crippen LogP contribution is 2.55. The normalized spacial score (nSPS) is 14.2. The van der Waals surface area contributed by atoms with E-state index < -0.39 is 0 Å². The van der Waals surface area contributed by atoms with Crippen LogP contribution in [0.15, 0.2) is 206 Å². The van der Waals surface area contributed by atoms with E-state index in [-0.39, 0.29) is 0 Å². The third-order valence-electron chi connectivity index (χ3n) is 10.8. The van der Waals surface area contributed by atoms with Gasteiger partial charge in [-0.05, 0) is 122 Å². The zero-order chi connectivity index (χ0) is 37.3. The second kappa shape index (κ2) is 14.4. The van der Waals surface area contributed by atoms with E-state index in [9.17, 15) is 0 Å². The van der Waals surface area contributed by atoms with Crippen LogP contribution in [0.2, 0.25) is 0 Å².